The van der Waals surface area contributed by atoms with Gasteiger partial charge in [0.2, 0.25) is 12.7 Å². The van der Waals surface area contributed by atoms with Crippen molar-refractivity contribution < 1.29 is 23.5 Å². The maximum atomic E-state index is 13.7. The molecule has 0 radical (unpaired) electrons. The summed E-state index contributed by atoms with van der Waals surface area (Å²) in [6, 6.07) is 8.79. The van der Waals surface area contributed by atoms with Crippen molar-refractivity contribution in [3.05, 3.63) is 47.8 Å². The van der Waals surface area contributed by atoms with E-state index in [1.165, 1.54) is 18.2 Å². The summed E-state index contributed by atoms with van der Waals surface area (Å²) in [4.78, 5) is 23.7. The van der Waals surface area contributed by atoms with Crippen LogP contribution in [0.4, 0.5) is 15.8 Å². The molecule has 0 aliphatic carbocycles. The fourth-order valence-electron chi connectivity index (χ4n) is 2.18. The Kier molecular flexibility index (Phi) is 4.33. The molecule has 0 aromatic heterocycles. The number of fused-ring (bicyclic) bond motifs is 1. The lowest BCUT2D eigenvalue weighted by molar-refractivity contribution is -0.115. The van der Waals surface area contributed by atoms with Crippen LogP contribution >= 0.6 is 0 Å². The molecule has 2 aromatic rings. The highest BCUT2D eigenvalue weighted by atomic mass is 19.1. The molecule has 6 nitrogen and oxygen atoms in total. The fraction of sp³-hybridized carbons (Fsp3) is 0.176. The highest BCUT2D eigenvalue weighted by molar-refractivity contribution is 6.05. The third-order valence-electron chi connectivity index (χ3n) is 3.45. The van der Waals surface area contributed by atoms with Crippen molar-refractivity contribution in [2.45, 2.75) is 13.3 Å². The molecule has 0 saturated heterocycles. The average molecular weight is 330 g/mol. The zero-order chi connectivity index (χ0) is 17.1. The van der Waals surface area contributed by atoms with Crippen LogP contribution < -0.4 is 20.1 Å². The number of nitrogens with one attached hydrogen (secondary N) is 2. The Morgan fingerprint density at radius 3 is 2.67 bits per heavy atom. The van der Waals surface area contributed by atoms with Crippen LogP contribution in [-0.2, 0) is 4.79 Å². The van der Waals surface area contributed by atoms with E-state index in [4.69, 9.17) is 9.47 Å². The van der Waals surface area contributed by atoms with Gasteiger partial charge in [0.1, 0.15) is 5.82 Å². The molecule has 24 heavy (non-hydrogen) atoms. The van der Waals surface area contributed by atoms with E-state index in [-0.39, 0.29) is 30.7 Å². The van der Waals surface area contributed by atoms with Gasteiger partial charge in [-0.15, -0.1) is 0 Å². The van der Waals surface area contributed by atoms with Gasteiger partial charge < -0.3 is 20.1 Å². The Balaban J connectivity index is 1.77. The molecule has 3 rings (SSSR count). The normalized spacial score (nSPS) is 11.9. The first-order chi connectivity index (χ1) is 11.6. The van der Waals surface area contributed by atoms with Crippen LogP contribution in [0.5, 0.6) is 11.5 Å². The summed E-state index contributed by atoms with van der Waals surface area (Å²) in [6.45, 7) is 1.79. The van der Waals surface area contributed by atoms with Crippen molar-refractivity contribution >= 4 is 23.2 Å². The van der Waals surface area contributed by atoms with Crippen LogP contribution in [0.3, 0.4) is 0 Å². The van der Waals surface area contributed by atoms with Crippen LogP contribution in [0.15, 0.2) is 36.4 Å². The van der Waals surface area contributed by atoms with E-state index in [1.807, 2.05) is 0 Å². The second kappa shape index (κ2) is 6.57. The standard InChI is InChI=1S/C17H15FN2O4/c1-2-16(21)20-13-8-11(4-5-12(13)18)19-17(22)10-3-6-14-15(7-10)24-9-23-14/h3-8H,2,9H2,1H3,(H,19,22)(H,20,21). The predicted octanol–water partition coefficient (Wildman–Crippen LogP) is 3.16. The zero-order valence-corrected chi connectivity index (χ0v) is 12.9. The van der Waals surface area contributed by atoms with Gasteiger partial charge in [-0.05, 0) is 36.4 Å². The Labute approximate surface area is 137 Å². The largest absolute Gasteiger partial charge is 0.454 e. The number of hydrogen-bond donors (Lipinski definition) is 2. The summed E-state index contributed by atoms with van der Waals surface area (Å²) in [5.41, 5.74) is 0.763. The minimum Gasteiger partial charge on any atom is -0.454 e. The topological polar surface area (TPSA) is 76.7 Å². The molecule has 2 aromatic carbocycles. The van der Waals surface area contributed by atoms with Crippen molar-refractivity contribution in [1.29, 1.82) is 0 Å². The van der Waals surface area contributed by atoms with E-state index in [0.717, 1.165) is 0 Å². The maximum Gasteiger partial charge on any atom is 0.255 e. The SMILES string of the molecule is CCC(=O)Nc1cc(NC(=O)c2ccc3c(c2)OCO3)ccc1F. The highest BCUT2D eigenvalue weighted by Crippen LogP contribution is 2.32. The van der Waals surface area contributed by atoms with Gasteiger partial charge in [0, 0.05) is 17.7 Å². The minimum atomic E-state index is -0.571. The van der Waals surface area contributed by atoms with E-state index in [2.05, 4.69) is 10.6 Å². The van der Waals surface area contributed by atoms with Gasteiger partial charge in [-0.1, -0.05) is 6.92 Å². The number of ether oxygens (including phenoxy) is 2. The predicted molar refractivity (Wildman–Crippen MR) is 85.8 cm³/mol. The second-order valence-corrected chi connectivity index (χ2v) is 5.12. The summed E-state index contributed by atoms with van der Waals surface area (Å²) >= 11 is 0. The number of carbonyl (C=O) groups is 2. The van der Waals surface area contributed by atoms with Crippen molar-refractivity contribution in [1.82, 2.24) is 0 Å². The van der Waals surface area contributed by atoms with Gasteiger partial charge in [-0.25, -0.2) is 4.39 Å². The second-order valence-electron chi connectivity index (χ2n) is 5.12. The number of halogens is 1. The van der Waals surface area contributed by atoms with Gasteiger partial charge in [-0.3, -0.25) is 9.59 Å². The molecule has 0 saturated carbocycles. The summed E-state index contributed by atoms with van der Waals surface area (Å²) in [6.07, 6.45) is 0.229. The third kappa shape index (κ3) is 3.29. The molecule has 0 unspecified atom stereocenters. The molecule has 1 aliphatic rings. The molecule has 0 bridgehead atoms. The molecule has 0 spiro atoms. The molecule has 0 atom stereocenters. The Morgan fingerprint density at radius 2 is 1.88 bits per heavy atom. The third-order valence-corrected chi connectivity index (χ3v) is 3.45. The highest BCUT2D eigenvalue weighted by Gasteiger charge is 2.16. The number of carbonyl (C=O) groups excluding carboxylic acids is 2. The quantitative estimate of drug-likeness (QED) is 0.903. The van der Waals surface area contributed by atoms with Crippen LogP contribution in [0.25, 0.3) is 0 Å². The first kappa shape index (κ1) is 15.8. The van der Waals surface area contributed by atoms with Crippen molar-refractivity contribution in [3.63, 3.8) is 0 Å². The molecule has 0 fully saturated rings. The van der Waals surface area contributed by atoms with Gasteiger partial charge in [0.05, 0.1) is 5.69 Å². The molecule has 7 heteroatoms. The summed E-state index contributed by atoms with van der Waals surface area (Å²) in [5, 5.41) is 5.10. The van der Waals surface area contributed by atoms with Gasteiger partial charge in [-0.2, -0.15) is 0 Å². The van der Waals surface area contributed by atoms with E-state index < -0.39 is 5.82 Å². The first-order valence-corrected chi connectivity index (χ1v) is 7.37. The van der Waals surface area contributed by atoms with Crippen LogP contribution in [0.1, 0.15) is 23.7 Å². The summed E-state index contributed by atoms with van der Waals surface area (Å²) < 4.78 is 24.1. The van der Waals surface area contributed by atoms with E-state index in [9.17, 15) is 14.0 Å². The van der Waals surface area contributed by atoms with Crippen LogP contribution in [0.2, 0.25) is 0 Å². The number of anilines is 2. The van der Waals surface area contributed by atoms with E-state index in [1.54, 1.807) is 25.1 Å². The van der Waals surface area contributed by atoms with Gasteiger partial charge in [0.25, 0.3) is 5.91 Å². The molecule has 1 heterocycles. The molecule has 124 valence electrons. The summed E-state index contributed by atoms with van der Waals surface area (Å²) in [7, 11) is 0. The minimum absolute atomic E-state index is 0.0188. The molecule has 2 N–H and O–H groups in total. The maximum absolute atomic E-state index is 13.7. The Hall–Kier alpha value is -3.09. The number of benzene rings is 2. The van der Waals surface area contributed by atoms with Crippen LogP contribution in [0, 0.1) is 5.82 Å². The summed E-state index contributed by atoms with van der Waals surface area (Å²) in [5.74, 6) is -0.186. The van der Waals surface area contributed by atoms with Crippen LogP contribution in [-0.4, -0.2) is 18.6 Å². The lowest BCUT2D eigenvalue weighted by atomic mass is 10.1. The molecule has 1 aliphatic heterocycles. The van der Waals surface area contributed by atoms with Crippen molar-refractivity contribution in [2.75, 3.05) is 17.4 Å². The number of hydrogen-bond acceptors (Lipinski definition) is 4. The Bertz CT molecular complexity index is 807. The average Bonchev–Trinajstić information content (AvgIpc) is 3.05. The fourth-order valence-corrected chi connectivity index (χ4v) is 2.18. The van der Waals surface area contributed by atoms with Crippen molar-refractivity contribution in [2.24, 2.45) is 0 Å². The van der Waals surface area contributed by atoms with Gasteiger partial charge >= 0.3 is 0 Å². The lowest BCUT2D eigenvalue weighted by Crippen LogP contribution is -2.14. The Morgan fingerprint density at radius 1 is 1.08 bits per heavy atom. The molecule has 2 amide bonds. The zero-order valence-electron chi connectivity index (χ0n) is 12.9. The van der Waals surface area contributed by atoms with E-state index in [0.29, 0.717) is 22.7 Å². The van der Waals surface area contributed by atoms with E-state index >= 15 is 0 Å². The molecular formula is C17H15FN2O4. The number of rotatable bonds is 4. The van der Waals surface area contributed by atoms with Crippen molar-refractivity contribution in [3.8, 4) is 11.5 Å². The molecular weight excluding hydrogens is 315 g/mol. The lowest BCUT2D eigenvalue weighted by Gasteiger charge is -2.10. The monoisotopic (exact) mass is 330 g/mol. The smallest absolute Gasteiger partial charge is 0.255 e. The first-order valence-electron chi connectivity index (χ1n) is 7.37. The number of amides is 2. The van der Waals surface area contributed by atoms with Gasteiger partial charge in [0.15, 0.2) is 11.5 Å².